The first kappa shape index (κ1) is 20.4. The molecule has 3 rings (SSSR count). The van der Waals surface area contributed by atoms with E-state index in [9.17, 15) is 14.0 Å². The van der Waals surface area contributed by atoms with Crippen molar-refractivity contribution in [2.75, 3.05) is 7.11 Å². The van der Waals surface area contributed by atoms with E-state index in [0.717, 1.165) is 11.3 Å². The first-order valence-electron chi connectivity index (χ1n) is 9.35. The van der Waals surface area contributed by atoms with Crippen molar-refractivity contribution in [1.82, 2.24) is 10.2 Å². The molecule has 1 saturated heterocycles. The van der Waals surface area contributed by atoms with Gasteiger partial charge in [0.1, 0.15) is 11.5 Å². The van der Waals surface area contributed by atoms with Crippen LogP contribution >= 0.6 is 0 Å². The number of halogens is 1. The highest BCUT2D eigenvalue weighted by Crippen LogP contribution is 2.30. The molecule has 0 aliphatic carbocycles. The molecule has 1 fully saturated rings. The molecule has 1 atom stereocenters. The number of urea groups is 1. The quantitative estimate of drug-likeness (QED) is 0.563. The van der Waals surface area contributed by atoms with Crippen LogP contribution in [0.2, 0.25) is 0 Å². The van der Waals surface area contributed by atoms with Crippen molar-refractivity contribution in [3.8, 4) is 11.5 Å². The van der Waals surface area contributed by atoms with Crippen LogP contribution in [0.3, 0.4) is 0 Å². The molecule has 29 heavy (non-hydrogen) atoms. The molecule has 1 heterocycles. The third kappa shape index (κ3) is 4.56. The van der Waals surface area contributed by atoms with Crippen LogP contribution in [0.15, 0.2) is 48.2 Å². The van der Waals surface area contributed by atoms with E-state index in [0.29, 0.717) is 17.1 Å². The van der Waals surface area contributed by atoms with Gasteiger partial charge in [-0.25, -0.2) is 9.18 Å². The second-order valence-corrected chi connectivity index (χ2v) is 6.72. The Morgan fingerprint density at radius 1 is 1.17 bits per heavy atom. The summed E-state index contributed by atoms with van der Waals surface area (Å²) in [5.41, 5.74) is 1.05. The van der Waals surface area contributed by atoms with Crippen LogP contribution in [0, 0.1) is 5.82 Å². The number of amides is 3. The van der Waals surface area contributed by atoms with Crippen LogP contribution in [0.1, 0.15) is 31.4 Å². The zero-order valence-electron chi connectivity index (χ0n) is 16.6. The molecule has 0 aromatic heterocycles. The molecule has 0 bridgehead atoms. The molecule has 0 unspecified atom stereocenters. The van der Waals surface area contributed by atoms with Crippen molar-refractivity contribution in [1.29, 1.82) is 0 Å². The van der Waals surface area contributed by atoms with Crippen LogP contribution in [0.4, 0.5) is 9.18 Å². The highest BCUT2D eigenvalue weighted by atomic mass is 19.1. The Balaban J connectivity index is 1.81. The second-order valence-electron chi connectivity index (χ2n) is 6.72. The standard InChI is InChI=1S/C22H23FN2O4/c1-4-14(2)29-19-10-9-15(12-20(19)28-3)11-18-21(26)25(22(27)24-18)13-16-7-5-6-8-17(16)23/h5-12,14H,4,13H2,1-3H3,(H,24,27)/b18-11+/t14-/m1/s1. The minimum atomic E-state index is -0.590. The number of methoxy groups -OCH3 is 1. The molecule has 152 valence electrons. The van der Waals surface area contributed by atoms with Gasteiger partial charge in [0, 0.05) is 5.56 Å². The van der Waals surface area contributed by atoms with Gasteiger partial charge in [-0.15, -0.1) is 0 Å². The molecule has 1 aliphatic rings. The summed E-state index contributed by atoms with van der Waals surface area (Å²) in [6.45, 7) is 3.85. The Kier molecular flexibility index (Phi) is 6.16. The molecule has 3 amide bonds. The van der Waals surface area contributed by atoms with Gasteiger partial charge in [-0.3, -0.25) is 9.69 Å². The fourth-order valence-electron chi connectivity index (χ4n) is 2.85. The molecule has 7 heteroatoms. The van der Waals surface area contributed by atoms with Gasteiger partial charge in [0.15, 0.2) is 11.5 Å². The number of hydrogen-bond acceptors (Lipinski definition) is 4. The number of carbonyl (C=O) groups is 2. The number of benzene rings is 2. The van der Waals surface area contributed by atoms with Gasteiger partial charge in [-0.05, 0) is 43.2 Å². The topological polar surface area (TPSA) is 67.9 Å². The van der Waals surface area contributed by atoms with E-state index in [1.807, 2.05) is 13.8 Å². The van der Waals surface area contributed by atoms with Crippen LogP contribution in [0.25, 0.3) is 6.08 Å². The normalized spacial score (nSPS) is 16.1. The summed E-state index contributed by atoms with van der Waals surface area (Å²) in [7, 11) is 1.54. The maximum absolute atomic E-state index is 13.9. The van der Waals surface area contributed by atoms with Crippen LogP contribution in [-0.2, 0) is 11.3 Å². The van der Waals surface area contributed by atoms with Gasteiger partial charge in [0.25, 0.3) is 5.91 Å². The maximum Gasteiger partial charge on any atom is 0.329 e. The molecule has 0 spiro atoms. The Morgan fingerprint density at radius 2 is 1.93 bits per heavy atom. The van der Waals surface area contributed by atoms with Gasteiger partial charge >= 0.3 is 6.03 Å². The summed E-state index contributed by atoms with van der Waals surface area (Å²) < 4.78 is 25.1. The van der Waals surface area contributed by atoms with Gasteiger partial charge in [-0.2, -0.15) is 0 Å². The van der Waals surface area contributed by atoms with Crippen molar-refractivity contribution >= 4 is 18.0 Å². The van der Waals surface area contributed by atoms with E-state index in [-0.39, 0.29) is 23.9 Å². The number of nitrogens with zero attached hydrogens (tertiary/aromatic N) is 1. The van der Waals surface area contributed by atoms with E-state index in [4.69, 9.17) is 9.47 Å². The average molecular weight is 398 g/mol. The summed E-state index contributed by atoms with van der Waals surface area (Å²) in [4.78, 5) is 25.8. The molecule has 1 aliphatic heterocycles. The minimum Gasteiger partial charge on any atom is -0.493 e. The molecule has 1 N–H and O–H groups in total. The summed E-state index contributed by atoms with van der Waals surface area (Å²) in [6.07, 6.45) is 2.44. The fourth-order valence-corrected chi connectivity index (χ4v) is 2.85. The predicted octanol–water partition coefficient (Wildman–Crippen LogP) is 4.10. The summed E-state index contributed by atoms with van der Waals surface area (Å²) in [5, 5.41) is 2.54. The molecule has 0 saturated carbocycles. The molecular weight excluding hydrogens is 375 g/mol. The molecule has 2 aromatic carbocycles. The van der Waals surface area contributed by atoms with Crippen LogP contribution < -0.4 is 14.8 Å². The minimum absolute atomic E-state index is 0.0377. The van der Waals surface area contributed by atoms with Gasteiger partial charge in [0.2, 0.25) is 0 Å². The summed E-state index contributed by atoms with van der Waals surface area (Å²) in [6, 6.07) is 10.7. The molecule has 6 nitrogen and oxygen atoms in total. The van der Waals surface area contributed by atoms with Crippen molar-refractivity contribution in [2.45, 2.75) is 32.9 Å². The lowest BCUT2D eigenvalue weighted by Crippen LogP contribution is -2.30. The third-order valence-corrected chi connectivity index (χ3v) is 4.65. The maximum atomic E-state index is 13.9. The lowest BCUT2D eigenvalue weighted by Gasteiger charge is -2.15. The van der Waals surface area contributed by atoms with Crippen molar-refractivity contribution in [3.63, 3.8) is 0 Å². The highest BCUT2D eigenvalue weighted by Gasteiger charge is 2.34. The zero-order valence-corrected chi connectivity index (χ0v) is 16.6. The monoisotopic (exact) mass is 398 g/mol. The Labute approximate surface area is 168 Å². The van der Waals surface area contributed by atoms with Crippen molar-refractivity contribution in [2.24, 2.45) is 0 Å². The Hall–Kier alpha value is -3.35. The number of ether oxygens (including phenoxy) is 2. The van der Waals surface area contributed by atoms with Gasteiger partial charge in [0.05, 0.1) is 19.8 Å². The smallest absolute Gasteiger partial charge is 0.329 e. The lowest BCUT2D eigenvalue weighted by atomic mass is 10.1. The Morgan fingerprint density at radius 3 is 2.62 bits per heavy atom. The van der Waals surface area contributed by atoms with Crippen molar-refractivity contribution in [3.05, 3.63) is 65.1 Å². The summed E-state index contributed by atoms with van der Waals surface area (Å²) >= 11 is 0. The van der Waals surface area contributed by atoms with E-state index < -0.39 is 17.8 Å². The third-order valence-electron chi connectivity index (χ3n) is 4.65. The number of hydrogen-bond donors (Lipinski definition) is 1. The lowest BCUT2D eigenvalue weighted by molar-refractivity contribution is -0.123. The number of carbonyl (C=O) groups excluding carboxylic acids is 2. The van der Waals surface area contributed by atoms with E-state index in [1.165, 1.54) is 13.2 Å². The highest BCUT2D eigenvalue weighted by molar-refractivity contribution is 6.13. The second kappa shape index (κ2) is 8.77. The van der Waals surface area contributed by atoms with Crippen LogP contribution in [-0.4, -0.2) is 30.1 Å². The Bertz CT molecular complexity index is 958. The zero-order chi connectivity index (χ0) is 21.0. The van der Waals surface area contributed by atoms with E-state index in [1.54, 1.807) is 42.5 Å². The average Bonchev–Trinajstić information content (AvgIpc) is 2.97. The molecule has 0 radical (unpaired) electrons. The SMILES string of the molecule is CC[C@@H](C)Oc1ccc(/C=C2/NC(=O)N(Cc3ccccc3F)C2=O)cc1OC. The number of imide groups is 1. The largest absolute Gasteiger partial charge is 0.493 e. The van der Waals surface area contributed by atoms with Gasteiger partial charge in [-0.1, -0.05) is 31.2 Å². The van der Waals surface area contributed by atoms with Crippen LogP contribution in [0.5, 0.6) is 11.5 Å². The van der Waals surface area contributed by atoms with E-state index >= 15 is 0 Å². The van der Waals surface area contributed by atoms with Gasteiger partial charge < -0.3 is 14.8 Å². The fraction of sp³-hybridized carbons (Fsp3) is 0.273. The van der Waals surface area contributed by atoms with E-state index in [2.05, 4.69) is 5.32 Å². The first-order valence-corrected chi connectivity index (χ1v) is 9.35. The van der Waals surface area contributed by atoms with Crippen molar-refractivity contribution < 1.29 is 23.5 Å². The number of nitrogens with one attached hydrogen (secondary N) is 1. The predicted molar refractivity (Wildman–Crippen MR) is 107 cm³/mol. The first-order chi connectivity index (χ1) is 13.9. The number of rotatable bonds is 7. The summed E-state index contributed by atoms with van der Waals surface area (Å²) in [5.74, 6) is 0.149. The molecular formula is C22H23FN2O4. The molecule has 2 aromatic rings.